The predicted octanol–water partition coefficient (Wildman–Crippen LogP) is 3.40. The first kappa shape index (κ1) is 23.4. The molecule has 9 nitrogen and oxygen atoms in total. The maximum absolute atomic E-state index is 9.78. The Balaban J connectivity index is 1.42. The Labute approximate surface area is 187 Å². The molecule has 0 radical (unpaired) electrons. The van der Waals surface area contributed by atoms with E-state index in [1.54, 1.807) is 0 Å². The summed E-state index contributed by atoms with van der Waals surface area (Å²) < 4.78 is 11.4. The first-order chi connectivity index (χ1) is 14.9. The van der Waals surface area contributed by atoms with Crippen molar-refractivity contribution in [3.8, 4) is 0 Å². The van der Waals surface area contributed by atoms with E-state index in [-0.39, 0.29) is 42.1 Å². The van der Waals surface area contributed by atoms with Gasteiger partial charge in [0.15, 0.2) is 16.8 Å². The van der Waals surface area contributed by atoms with Crippen molar-refractivity contribution in [2.75, 3.05) is 17.8 Å². The van der Waals surface area contributed by atoms with E-state index in [0.29, 0.717) is 12.2 Å². The molecule has 5 N–H and O–H groups in total. The molecule has 2 heterocycles. The monoisotopic (exact) mass is 489 g/mol. The molecule has 31 heavy (non-hydrogen) atoms. The van der Waals surface area contributed by atoms with Crippen molar-refractivity contribution in [2.24, 2.45) is 0 Å². The fourth-order valence-electron chi connectivity index (χ4n) is 4.10. The summed E-state index contributed by atoms with van der Waals surface area (Å²) in [6.07, 6.45) is 3.38. The fraction of sp³-hybridized carbons (Fsp3) is 0.579. The lowest BCUT2D eigenvalue weighted by Gasteiger charge is -2.18. The van der Waals surface area contributed by atoms with E-state index in [9.17, 15) is 10.00 Å². The number of benzene rings is 1. The van der Waals surface area contributed by atoms with Crippen LogP contribution in [0.15, 0.2) is 18.2 Å². The van der Waals surface area contributed by atoms with Gasteiger partial charge in [0.2, 0.25) is 5.28 Å². The number of nitrogens with one attached hydrogen (secondary N) is 1. The summed E-state index contributed by atoms with van der Waals surface area (Å²) in [6, 6.07) is 6.06. The van der Waals surface area contributed by atoms with Gasteiger partial charge in [0, 0.05) is 11.4 Å². The van der Waals surface area contributed by atoms with Gasteiger partial charge in [-0.1, -0.05) is 6.07 Å². The molecule has 2 aromatic rings. The second kappa shape index (κ2) is 10.5. The normalized spacial score (nSPS) is 27.3. The Kier molecular flexibility index (Phi) is 7.91. The van der Waals surface area contributed by atoms with Gasteiger partial charge in [0.05, 0.1) is 36.3 Å². The van der Waals surface area contributed by atoms with Crippen LogP contribution in [0.5, 0.6) is 0 Å². The summed E-state index contributed by atoms with van der Waals surface area (Å²) in [5, 5.41) is 14.2. The van der Waals surface area contributed by atoms with Gasteiger partial charge in [-0.15, -0.1) is 0 Å². The van der Waals surface area contributed by atoms with E-state index in [1.807, 2.05) is 18.2 Å². The largest absolute Gasteiger partial charge is 0.393 e. The molecule has 0 spiro atoms. The summed E-state index contributed by atoms with van der Waals surface area (Å²) >= 11 is 6.16. The molecule has 1 aliphatic heterocycles. The first-order valence-corrected chi connectivity index (χ1v) is 13.4. The highest BCUT2D eigenvalue weighted by atomic mass is 35.5. The van der Waals surface area contributed by atoms with Gasteiger partial charge >= 0.3 is 0 Å². The van der Waals surface area contributed by atoms with Crippen LogP contribution in [-0.4, -0.2) is 60.5 Å². The zero-order chi connectivity index (χ0) is 22.0. The summed E-state index contributed by atoms with van der Waals surface area (Å²) in [5.74, 6) is 0.533. The number of halogens is 1. The van der Waals surface area contributed by atoms with Crippen LogP contribution >= 0.6 is 28.4 Å². The topological polar surface area (TPSA) is 137 Å². The Morgan fingerprint density at radius 2 is 2.00 bits per heavy atom. The molecule has 170 valence electrons. The lowest BCUT2D eigenvalue weighted by Crippen LogP contribution is -2.18. The molecule has 2 fully saturated rings. The van der Waals surface area contributed by atoms with E-state index in [1.165, 1.54) is 0 Å². The van der Waals surface area contributed by atoms with Crippen molar-refractivity contribution in [2.45, 2.75) is 56.5 Å². The second-order valence-corrected chi connectivity index (χ2v) is 11.1. The maximum Gasteiger partial charge on any atom is 0.224 e. The van der Waals surface area contributed by atoms with Gasteiger partial charge in [0.1, 0.15) is 5.82 Å². The fourth-order valence-corrected chi connectivity index (χ4v) is 5.81. The van der Waals surface area contributed by atoms with Gasteiger partial charge in [-0.25, -0.2) is 9.97 Å². The molecule has 0 bridgehead atoms. The highest BCUT2D eigenvalue weighted by Crippen LogP contribution is 2.45. The highest BCUT2D eigenvalue weighted by molar-refractivity contribution is 7.63. The van der Waals surface area contributed by atoms with Crippen molar-refractivity contribution in [1.82, 2.24) is 9.97 Å². The maximum atomic E-state index is 9.78. The molecule has 1 saturated heterocycles. The van der Waals surface area contributed by atoms with Crippen molar-refractivity contribution in [1.29, 1.82) is 0 Å². The lowest BCUT2D eigenvalue weighted by atomic mass is 10.0. The SMILES string of the molecule is OC1CCC(Nc2nc(Cl)nc3cc(C4CC[C@@H](COP(O)CP(O)O)O4)ccc23)C1. The van der Waals surface area contributed by atoms with Crippen molar-refractivity contribution in [3.63, 3.8) is 0 Å². The summed E-state index contributed by atoms with van der Waals surface area (Å²) in [6.45, 7) is 0.213. The minimum absolute atomic E-state index is 0.120. The molecular weight excluding hydrogens is 464 g/mol. The summed E-state index contributed by atoms with van der Waals surface area (Å²) in [4.78, 5) is 36.3. The molecule has 1 aromatic carbocycles. The lowest BCUT2D eigenvalue weighted by molar-refractivity contribution is 0.0178. The van der Waals surface area contributed by atoms with E-state index in [4.69, 9.17) is 30.6 Å². The number of ether oxygens (including phenoxy) is 1. The number of aromatic nitrogens is 2. The number of rotatable bonds is 8. The number of hydrogen-bond donors (Lipinski definition) is 5. The van der Waals surface area contributed by atoms with Crippen LogP contribution in [0.2, 0.25) is 5.28 Å². The number of nitrogens with zero attached hydrogens (tertiary/aromatic N) is 2. The van der Waals surface area contributed by atoms with Crippen LogP contribution < -0.4 is 5.32 Å². The van der Waals surface area contributed by atoms with Crippen LogP contribution in [0.1, 0.15) is 43.8 Å². The van der Waals surface area contributed by atoms with Crippen molar-refractivity contribution in [3.05, 3.63) is 29.0 Å². The van der Waals surface area contributed by atoms with Gasteiger partial charge in [-0.3, -0.25) is 0 Å². The number of aliphatic hydroxyl groups is 1. The van der Waals surface area contributed by atoms with Crippen molar-refractivity contribution < 1.29 is 29.0 Å². The predicted molar refractivity (Wildman–Crippen MR) is 120 cm³/mol. The Morgan fingerprint density at radius 3 is 2.74 bits per heavy atom. The molecule has 1 saturated carbocycles. The summed E-state index contributed by atoms with van der Waals surface area (Å²) in [5.41, 5.74) is 1.70. The van der Waals surface area contributed by atoms with Gasteiger partial charge in [0.25, 0.3) is 0 Å². The second-order valence-electron chi connectivity index (χ2n) is 7.91. The van der Waals surface area contributed by atoms with Crippen LogP contribution in [0.3, 0.4) is 0 Å². The minimum atomic E-state index is -2.17. The number of aliphatic hydroxyl groups excluding tert-OH is 1. The van der Waals surface area contributed by atoms with Gasteiger partial charge in [-0.05, 0) is 61.4 Å². The summed E-state index contributed by atoms with van der Waals surface area (Å²) in [7, 11) is -4.02. The molecule has 0 amide bonds. The van der Waals surface area contributed by atoms with E-state index in [2.05, 4.69) is 15.3 Å². The Bertz CT molecular complexity index is 910. The molecule has 1 aliphatic carbocycles. The zero-order valence-corrected chi connectivity index (χ0v) is 19.3. The smallest absolute Gasteiger partial charge is 0.224 e. The van der Waals surface area contributed by atoms with Gasteiger partial charge < -0.3 is 34.4 Å². The molecular formula is C19H26ClN3O6P2. The molecule has 4 rings (SSSR count). The molecule has 5 atom stereocenters. The Hall–Kier alpha value is -0.730. The molecule has 12 heteroatoms. The molecule has 4 unspecified atom stereocenters. The first-order valence-electron chi connectivity index (χ1n) is 10.2. The third-order valence-corrected chi connectivity index (χ3v) is 8.17. The average Bonchev–Trinajstić information content (AvgIpc) is 3.34. The van der Waals surface area contributed by atoms with E-state index < -0.39 is 16.8 Å². The highest BCUT2D eigenvalue weighted by Gasteiger charge is 2.28. The average molecular weight is 490 g/mol. The number of anilines is 1. The molecule has 1 aromatic heterocycles. The quantitative estimate of drug-likeness (QED) is 0.279. The third kappa shape index (κ3) is 6.20. The van der Waals surface area contributed by atoms with Crippen LogP contribution in [-0.2, 0) is 9.26 Å². The number of fused-ring (bicyclic) bond motifs is 1. The molecule has 2 aliphatic rings. The van der Waals surface area contributed by atoms with Crippen LogP contribution in [0.4, 0.5) is 5.82 Å². The standard InChI is InChI=1S/C19H26ClN3O6P2/c20-19-22-16-7-11(17-6-4-14(29-17)9-28-31(27)10-30(25)26)1-5-15(16)18(23-19)21-12-2-3-13(24)8-12/h1,5,7,12-14,17,24-27H,2-4,6,8-10H2,(H,21,22,23)/t12?,13?,14-,17?,31?/m0/s1. The zero-order valence-electron chi connectivity index (χ0n) is 16.8. The van der Waals surface area contributed by atoms with Crippen LogP contribution in [0, 0.1) is 0 Å². The van der Waals surface area contributed by atoms with Crippen molar-refractivity contribution >= 4 is 45.1 Å². The Morgan fingerprint density at radius 1 is 1.16 bits per heavy atom. The number of hydrogen-bond acceptors (Lipinski definition) is 9. The van der Waals surface area contributed by atoms with E-state index in [0.717, 1.165) is 42.1 Å². The van der Waals surface area contributed by atoms with E-state index >= 15 is 0 Å². The minimum Gasteiger partial charge on any atom is -0.393 e. The third-order valence-electron chi connectivity index (χ3n) is 5.58. The van der Waals surface area contributed by atoms with Crippen LogP contribution in [0.25, 0.3) is 10.9 Å². The van der Waals surface area contributed by atoms with Gasteiger partial charge in [-0.2, -0.15) is 0 Å².